The number of benzene rings is 1. The molecule has 2 N–H and O–H groups in total. The van der Waals surface area contributed by atoms with Gasteiger partial charge >= 0.3 is 5.97 Å². The highest BCUT2D eigenvalue weighted by atomic mass is 16.5. The van der Waals surface area contributed by atoms with Crippen molar-refractivity contribution in [3.8, 4) is 5.75 Å². The SMILES string of the molecule is CCOC(=O)C(C)(N)COc1cccc(C)c1C. The van der Waals surface area contributed by atoms with Gasteiger partial charge in [-0.3, -0.25) is 0 Å². The van der Waals surface area contributed by atoms with Crippen molar-refractivity contribution < 1.29 is 14.3 Å². The van der Waals surface area contributed by atoms with Crippen LogP contribution >= 0.6 is 0 Å². The van der Waals surface area contributed by atoms with Crippen LogP contribution in [0.4, 0.5) is 0 Å². The third kappa shape index (κ3) is 3.47. The lowest BCUT2D eigenvalue weighted by Gasteiger charge is -2.23. The van der Waals surface area contributed by atoms with Crippen LogP contribution in [0, 0.1) is 13.8 Å². The minimum absolute atomic E-state index is 0.0934. The van der Waals surface area contributed by atoms with E-state index in [2.05, 4.69) is 0 Å². The number of rotatable bonds is 5. The summed E-state index contributed by atoms with van der Waals surface area (Å²) >= 11 is 0. The molecule has 4 heteroatoms. The number of esters is 1. The van der Waals surface area contributed by atoms with Crippen LogP contribution in [0.15, 0.2) is 18.2 Å². The Labute approximate surface area is 108 Å². The lowest BCUT2D eigenvalue weighted by atomic mass is 10.1. The van der Waals surface area contributed by atoms with Crippen LogP contribution in [-0.4, -0.2) is 24.7 Å². The molecule has 0 amide bonds. The molecule has 100 valence electrons. The fourth-order valence-corrected chi connectivity index (χ4v) is 1.46. The zero-order valence-electron chi connectivity index (χ0n) is 11.4. The highest BCUT2D eigenvalue weighted by molar-refractivity contribution is 5.80. The highest BCUT2D eigenvalue weighted by Crippen LogP contribution is 2.21. The quantitative estimate of drug-likeness (QED) is 0.813. The van der Waals surface area contributed by atoms with Crippen LogP contribution in [0.2, 0.25) is 0 Å². The van der Waals surface area contributed by atoms with Crippen LogP contribution in [0.25, 0.3) is 0 Å². The molecule has 18 heavy (non-hydrogen) atoms. The Bertz CT molecular complexity index is 427. The van der Waals surface area contributed by atoms with Crippen molar-refractivity contribution in [2.45, 2.75) is 33.2 Å². The fourth-order valence-electron chi connectivity index (χ4n) is 1.46. The molecule has 1 unspecified atom stereocenters. The summed E-state index contributed by atoms with van der Waals surface area (Å²) in [6, 6.07) is 5.79. The second-order valence-electron chi connectivity index (χ2n) is 4.62. The summed E-state index contributed by atoms with van der Waals surface area (Å²) in [5.41, 5.74) is 6.94. The Balaban J connectivity index is 2.70. The van der Waals surface area contributed by atoms with E-state index in [1.807, 2.05) is 32.0 Å². The highest BCUT2D eigenvalue weighted by Gasteiger charge is 2.31. The maximum Gasteiger partial charge on any atom is 0.329 e. The van der Waals surface area contributed by atoms with Crippen LogP contribution in [0.1, 0.15) is 25.0 Å². The molecule has 0 saturated carbocycles. The first kappa shape index (κ1) is 14.5. The second-order valence-corrected chi connectivity index (χ2v) is 4.62. The van der Waals surface area contributed by atoms with E-state index >= 15 is 0 Å². The van der Waals surface area contributed by atoms with Gasteiger partial charge in [-0.15, -0.1) is 0 Å². The lowest BCUT2D eigenvalue weighted by Crippen LogP contribution is -2.51. The topological polar surface area (TPSA) is 61.5 Å². The van der Waals surface area contributed by atoms with Gasteiger partial charge in [0.2, 0.25) is 0 Å². The van der Waals surface area contributed by atoms with Gasteiger partial charge in [-0.25, -0.2) is 4.79 Å². The Morgan fingerprint density at radius 2 is 2.06 bits per heavy atom. The zero-order chi connectivity index (χ0) is 13.8. The third-order valence-corrected chi connectivity index (χ3v) is 2.82. The standard InChI is InChI=1S/C14H21NO3/c1-5-17-13(16)14(4,15)9-18-12-8-6-7-10(2)11(12)3/h6-8H,5,9,15H2,1-4H3. The zero-order valence-corrected chi connectivity index (χ0v) is 11.4. The molecule has 0 fully saturated rings. The molecule has 0 aliphatic rings. The average Bonchev–Trinajstić information content (AvgIpc) is 2.31. The van der Waals surface area contributed by atoms with Crippen LogP contribution in [0.5, 0.6) is 5.75 Å². The summed E-state index contributed by atoms with van der Waals surface area (Å²) in [4.78, 5) is 11.6. The summed E-state index contributed by atoms with van der Waals surface area (Å²) in [6.45, 7) is 7.75. The van der Waals surface area contributed by atoms with Crippen molar-refractivity contribution in [3.63, 3.8) is 0 Å². The molecule has 0 saturated heterocycles. The van der Waals surface area contributed by atoms with E-state index < -0.39 is 11.5 Å². The molecule has 0 radical (unpaired) electrons. The molecule has 1 atom stereocenters. The first-order valence-electron chi connectivity index (χ1n) is 6.03. The van der Waals surface area contributed by atoms with Gasteiger partial charge in [-0.05, 0) is 44.9 Å². The monoisotopic (exact) mass is 251 g/mol. The van der Waals surface area contributed by atoms with Crippen molar-refractivity contribution >= 4 is 5.97 Å². The maximum absolute atomic E-state index is 11.6. The average molecular weight is 251 g/mol. The number of carbonyl (C=O) groups excluding carboxylic acids is 1. The van der Waals surface area contributed by atoms with Gasteiger partial charge < -0.3 is 15.2 Å². The summed E-state index contributed by atoms with van der Waals surface area (Å²) in [7, 11) is 0. The Morgan fingerprint density at radius 1 is 1.39 bits per heavy atom. The van der Waals surface area contributed by atoms with Crippen LogP contribution < -0.4 is 10.5 Å². The van der Waals surface area contributed by atoms with E-state index in [1.165, 1.54) is 0 Å². The fraction of sp³-hybridized carbons (Fsp3) is 0.500. The summed E-state index contributed by atoms with van der Waals surface area (Å²) in [5.74, 6) is 0.297. The molecule has 0 aliphatic heterocycles. The largest absolute Gasteiger partial charge is 0.491 e. The molecular weight excluding hydrogens is 230 g/mol. The maximum atomic E-state index is 11.6. The Hall–Kier alpha value is -1.55. The van der Waals surface area contributed by atoms with Crippen LogP contribution in [0.3, 0.4) is 0 Å². The van der Waals surface area contributed by atoms with Crippen molar-refractivity contribution in [3.05, 3.63) is 29.3 Å². The lowest BCUT2D eigenvalue weighted by molar-refractivity contribution is -0.150. The molecule has 0 aliphatic carbocycles. The van der Waals surface area contributed by atoms with Crippen molar-refractivity contribution in [1.29, 1.82) is 0 Å². The molecule has 1 aromatic rings. The van der Waals surface area contributed by atoms with Crippen molar-refractivity contribution in [2.24, 2.45) is 5.73 Å². The van der Waals surface area contributed by atoms with Crippen molar-refractivity contribution in [2.75, 3.05) is 13.2 Å². The van der Waals surface area contributed by atoms with Gasteiger partial charge in [0.1, 0.15) is 17.9 Å². The number of hydrogen-bond acceptors (Lipinski definition) is 4. The Kier molecular flexibility index (Phi) is 4.73. The summed E-state index contributed by atoms with van der Waals surface area (Å²) in [5, 5.41) is 0. The van der Waals surface area contributed by atoms with E-state index in [-0.39, 0.29) is 6.61 Å². The molecule has 1 aromatic carbocycles. The molecule has 0 heterocycles. The second kappa shape index (κ2) is 5.87. The number of hydrogen-bond donors (Lipinski definition) is 1. The predicted molar refractivity (Wildman–Crippen MR) is 70.6 cm³/mol. The minimum atomic E-state index is -1.13. The van der Waals surface area contributed by atoms with Gasteiger partial charge in [-0.2, -0.15) is 0 Å². The van der Waals surface area contributed by atoms with Crippen molar-refractivity contribution in [1.82, 2.24) is 0 Å². The van der Waals surface area contributed by atoms with E-state index in [9.17, 15) is 4.79 Å². The smallest absolute Gasteiger partial charge is 0.329 e. The van der Waals surface area contributed by atoms with Gasteiger partial charge in [-0.1, -0.05) is 12.1 Å². The van der Waals surface area contributed by atoms with E-state index in [1.54, 1.807) is 13.8 Å². The molecule has 0 bridgehead atoms. The number of aryl methyl sites for hydroxylation is 1. The van der Waals surface area contributed by atoms with E-state index in [0.717, 1.165) is 16.9 Å². The van der Waals surface area contributed by atoms with Crippen LogP contribution in [-0.2, 0) is 9.53 Å². The van der Waals surface area contributed by atoms with E-state index in [0.29, 0.717) is 6.61 Å². The molecular formula is C14H21NO3. The Morgan fingerprint density at radius 3 is 2.67 bits per heavy atom. The molecule has 0 spiro atoms. The summed E-state index contributed by atoms with van der Waals surface area (Å²) < 4.78 is 10.5. The van der Waals surface area contributed by atoms with E-state index in [4.69, 9.17) is 15.2 Å². The van der Waals surface area contributed by atoms with Gasteiger partial charge in [0.15, 0.2) is 0 Å². The first-order valence-corrected chi connectivity index (χ1v) is 6.03. The normalized spacial score (nSPS) is 13.8. The number of nitrogens with two attached hydrogens (primary N) is 1. The van der Waals surface area contributed by atoms with Gasteiger partial charge in [0.05, 0.1) is 6.61 Å². The van der Waals surface area contributed by atoms with Gasteiger partial charge in [0.25, 0.3) is 0 Å². The third-order valence-electron chi connectivity index (χ3n) is 2.82. The molecule has 1 rings (SSSR count). The summed E-state index contributed by atoms with van der Waals surface area (Å²) in [6.07, 6.45) is 0. The molecule has 0 aromatic heterocycles. The number of carbonyl (C=O) groups is 1. The van der Waals surface area contributed by atoms with Gasteiger partial charge in [0, 0.05) is 0 Å². The predicted octanol–water partition coefficient (Wildman–Crippen LogP) is 1.96. The first-order chi connectivity index (χ1) is 8.38. The number of ether oxygens (including phenoxy) is 2. The molecule has 4 nitrogen and oxygen atoms in total. The minimum Gasteiger partial charge on any atom is -0.491 e.